The average Bonchev–Trinajstić information content (AvgIpc) is 3.23. The molecule has 1 amide bonds. The number of allylic oxidation sites excluding steroid dienone is 1. The van der Waals surface area contributed by atoms with E-state index in [0.717, 1.165) is 5.56 Å². The molecule has 0 aliphatic carbocycles. The quantitative estimate of drug-likeness (QED) is 0.329. The summed E-state index contributed by atoms with van der Waals surface area (Å²) in [5.41, 5.74) is 1.66. The van der Waals surface area contributed by atoms with E-state index >= 15 is 0 Å². The zero-order chi connectivity index (χ0) is 22.0. The summed E-state index contributed by atoms with van der Waals surface area (Å²) in [6.45, 7) is 6.07. The number of nitrogens with zero attached hydrogens (tertiary/aromatic N) is 5. The molecule has 0 spiro atoms. The Morgan fingerprint density at radius 3 is 2.61 bits per heavy atom. The molecule has 0 saturated heterocycles. The predicted molar refractivity (Wildman–Crippen MR) is 123 cm³/mol. The molecule has 0 aliphatic heterocycles. The van der Waals surface area contributed by atoms with Crippen molar-refractivity contribution in [1.29, 1.82) is 0 Å². The molecule has 31 heavy (non-hydrogen) atoms. The third-order valence-electron chi connectivity index (χ3n) is 5.37. The van der Waals surface area contributed by atoms with Crippen LogP contribution in [0.5, 0.6) is 0 Å². The number of thioether (sulfide) groups is 1. The monoisotopic (exact) mass is 433 g/mol. The van der Waals surface area contributed by atoms with Crippen LogP contribution in [0.25, 0.3) is 16.7 Å². The molecule has 4 aromatic rings. The summed E-state index contributed by atoms with van der Waals surface area (Å²) in [6, 6.07) is 17.2. The number of carbonyl (C=O) groups is 1. The van der Waals surface area contributed by atoms with Crippen LogP contribution in [0.4, 0.5) is 0 Å². The zero-order valence-electron chi connectivity index (χ0n) is 17.4. The van der Waals surface area contributed by atoms with Gasteiger partial charge in [0.2, 0.25) is 11.7 Å². The molecule has 7 nitrogen and oxygen atoms in total. The number of hydrogen-bond acceptors (Lipinski definition) is 5. The number of aromatic nitrogens is 4. The lowest BCUT2D eigenvalue weighted by molar-refractivity contribution is -0.128. The molecule has 0 N–H and O–H groups in total. The van der Waals surface area contributed by atoms with Crippen molar-refractivity contribution in [3.8, 4) is 0 Å². The highest BCUT2D eigenvalue weighted by atomic mass is 32.2. The minimum absolute atomic E-state index is 0.0122. The third-order valence-corrected chi connectivity index (χ3v) is 6.28. The fraction of sp³-hybridized carbons (Fsp3) is 0.217. The average molecular weight is 434 g/mol. The van der Waals surface area contributed by atoms with E-state index in [1.807, 2.05) is 59.9 Å². The van der Waals surface area contributed by atoms with Crippen molar-refractivity contribution >= 4 is 34.3 Å². The van der Waals surface area contributed by atoms with Crippen molar-refractivity contribution in [2.75, 3.05) is 12.8 Å². The number of rotatable bonds is 7. The van der Waals surface area contributed by atoms with Gasteiger partial charge in [0.1, 0.15) is 0 Å². The summed E-state index contributed by atoms with van der Waals surface area (Å²) in [5, 5.41) is 9.65. The minimum Gasteiger partial charge on any atom is -0.338 e. The van der Waals surface area contributed by atoms with Gasteiger partial charge < -0.3 is 4.90 Å². The van der Waals surface area contributed by atoms with Gasteiger partial charge in [-0.1, -0.05) is 60.3 Å². The molecule has 4 rings (SSSR count). The summed E-state index contributed by atoms with van der Waals surface area (Å²) in [4.78, 5) is 27.5. The Balaban J connectivity index is 1.64. The second-order valence-corrected chi connectivity index (χ2v) is 8.16. The van der Waals surface area contributed by atoms with Crippen molar-refractivity contribution < 1.29 is 4.79 Å². The van der Waals surface area contributed by atoms with Gasteiger partial charge in [0.05, 0.1) is 22.7 Å². The van der Waals surface area contributed by atoms with Gasteiger partial charge in [-0.15, -0.1) is 16.8 Å². The second kappa shape index (κ2) is 8.77. The lowest BCUT2D eigenvalue weighted by Crippen LogP contribution is -2.31. The van der Waals surface area contributed by atoms with Crippen molar-refractivity contribution in [2.24, 2.45) is 0 Å². The first-order valence-electron chi connectivity index (χ1n) is 9.94. The summed E-state index contributed by atoms with van der Waals surface area (Å²) < 4.78 is 3.37. The highest BCUT2D eigenvalue weighted by Crippen LogP contribution is 2.24. The standard InChI is InChI=1S/C23H23N5O2S/c1-4-14-27-21(30)18-12-8-9-13-19(18)28-22(27)24-25-23(28)31-15-20(29)26(3)16(2)17-10-6-5-7-11-17/h4-13,16H,1,14-15H2,2-3H3. The minimum atomic E-state index is -0.139. The van der Waals surface area contributed by atoms with Crippen LogP contribution in [0, 0.1) is 0 Å². The van der Waals surface area contributed by atoms with Crippen molar-refractivity contribution in [1.82, 2.24) is 24.1 Å². The molecule has 8 heteroatoms. The van der Waals surface area contributed by atoms with Crippen LogP contribution in [-0.2, 0) is 11.3 Å². The largest absolute Gasteiger partial charge is 0.338 e. The number of hydrogen-bond donors (Lipinski definition) is 0. The van der Waals surface area contributed by atoms with E-state index in [4.69, 9.17) is 0 Å². The first kappa shape index (κ1) is 20.9. The maximum atomic E-state index is 12.9. The Kier molecular flexibility index (Phi) is 5.90. The Morgan fingerprint density at radius 1 is 1.16 bits per heavy atom. The first-order valence-corrected chi connectivity index (χ1v) is 10.9. The highest BCUT2D eigenvalue weighted by Gasteiger charge is 2.20. The number of para-hydroxylation sites is 1. The fourth-order valence-electron chi connectivity index (χ4n) is 3.52. The molecule has 2 aromatic heterocycles. The van der Waals surface area contributed by atoms with Crippen molar-refractivity contribution in [3.05, 3.63) is 83.2 Å². The second-order valence-electron chi connectivity index (χ2n) is 7.22. The normalized spacial score (nSPS) is 12.2. The van der Waals surface area contributed by atoms with E-state index in [1.165, 1.54) is 16.3 Å². The number of carbonyl (C=O) groups excluding carboxylic acids is 1. The Labute approximate surface area is 184 Å². The number of fused-ring (bicyclic) bond motifs is 3. The first-order chi connectivity index (χ1) is 15.0. The maximum absolute atomic E-state index is 12.9. The van der Waals surface area contributed by atoms with Crippen LogP contribution in [0.15, 0.2) is 77.2 Å². The van der Waals surface area contributed by atoms with Crippen LogP contribution in [-0.4, -0.2) is 42.8 Å². The molecule has 2 heterocycles. The molecular formula is C23H23N5O2S. The molecule has 1 unspecified atom stereocenters. The SMILES string of the molecule is C=CCn1c(=O)c2ccccc2n2c(SCC(=O)N(C)C(C)c3ccccc3)nnc12. The van der Waals surface area contributed by atoms with E-state index in [2.05, 4.69) is 16.8 Å². The molecule has 1 atom stereocenters. The zero-order valence-corrected chi connectivity index (χ0v) is 18.2. The smallest absolute Gasteiger partial charge is 0.263 e. The lowest BCUT2D eigenvalue weighted by atomic mass is 10.1. The maximum Gasteiger partial charge on any atom is 0.263 e. The van der Waals surface area contributed by atoms with Gasteiger partial charge in [0, 0.05) is 13.6 Å². The molecule has 0 aliphatic rings. The third kappa shape index (κ3) is 3.86. The van der Waals surface area contributed by atoms with E-state index in [9.17, 15) is 9.59 Å². The molecule has 2 aromatic carbocycles. The van der Waals surface area contributed by atoms with E-state index in [1.54, 1.807) is 24.1 Å². The fourth-order valence-corrected chi connectivity index (χ4v) is 4.38. The lowest BCUT2D eigenvalue weighted by Gasteiger charge is -2.25. The van der Waals surface area contributed by atoms with Crippen LogP contribution in [0.2, 0.25) is 0 Å². The Morgan fingerprint density at radius 2 is 1.87 bits per heavy atom. The molecule has 0 radical (unpaired) electrons. The Bertz CT molecular complexity index is 1310. The van der Waals surface area contributed by atoms with Gasteiger partial charge in [-0.25, -0.2) is 0 Å². The summed E-state index contributed by atoms with van der Waals surface area (Å²) in [5.74, 6) is 0.634. The van der Waals surface area contributed by atoms with Gasteiger partial charge in [-0.2, -0.15) is 0 Å². The van der Waals surface area contributed by atoms with Gasteiger partial charge in [0.15, 0.2) is 5.16 Å². The Hall–Kier alpha value is -3.39. The van der Waals surface area contributed by atoms with Crippen LogP contribution in [0.1, 0.15) is 18.5 Å². The number of benzene rings is 2. The van der Waals surface area contributed by atoms with Crippen LogP contribution in [0.3, 0.4) is 0 Å². The van der Waals surface area contributed by atoms with E-state index < -0.39 is 0 Å². The molecule has 158 valence electrons. The van der Waals surface area contributed by atoms with Gasteiger partial charge >= 0.3 is 0 Å². The van der Waals surface area contributed by atoms with Gasteiger partial charge in [0.25, 0.3) is 5.56 Å². The highest BCUT2D eigenvalue weighted by molar-refractivity contribution is 7.99. The number of amides is 1. The van der Waals surface area contributed by atoms with Crippen molar-refractivity contribution in [3.63, 3.8) is 0 Å². The van der Waals surface area contributed by atoms with Crippen LogP contribution < -0.4 is 5.56 Å². The molecule has 0 fully saturated rings. The van der Waals surface area contributed by atoms with Crippen LogP contribution >= 0.6 is 11.8 Å². The molecular weight excluding hydrogens is 410 g/mol. The topological polar surface area (TPSA) is 72.5 Å². The summed E-state index contributed by atoms with van der Waals surface area (Å²) in [7, 11) is 1.81. The molecule has 0 bridgehead atoms. The van der Waals surface area contributed by atoms with E-state index in [0.29, 0.717) is 28.4 Å². The van der Waals surface area contributed by atoms with Gasteiger partial charge in [-0.05, 0) is 24.6 Å². The summed E-state index contributed by atoms with van der Waals surface area (Å²) >= 11 is 1.31. The van der Waals surface area contributed by atoms with E-state index in [-0.39, 0.29) is 23.3 Å². The predicted octanol–water partition coefficient (Wildman–Crippen LogP) is 3.54. The molecule has 0 saturated carbocycles. The summed E-state index contributed by atoms with van der Waals surface area (Å²) in [6.07, 6.45) is 1.65. The van der Waals surface area contributed by atoms with Crippen molar-refractivity contribution in [2.45, 2.75) is 24.7 Å². The van der Waals surface area contributed by atoms with Gasteiger partial charge in [-0.3, -0.25) is 18.6 Å².